The molecule has 0 saturated heterocycles. The Morgan fingerprint density at radius 3 is 2.28 bits per heavy atom. The van der Waals surface area contributed by atoms with E-state index >= 15 is 0 Å². The van der Waals surface area contributed by atoms with Crippen LogP contribution >= 0.6 is 11.3 Å². The average molecular weight is 835 g/mol. The zero-order chi connectivity index (χ0) is 31.0. The van der Waals surface area contributed by atoms with Crippen molar-refractivity contribution in [3.63, 3.8) is 0 Å². The van der Waals surface area contributed by atoms with Crippen molar-refractivity contribution in [3.8, 4) is 22.5 Å². The molecule has 3 aromatic heterocycles. The van der Waals surface area contributed by atoms with Gasteiger partial charge < -0.3 is 4.98 Å². The predicted octanol–water partition coefficient (Wildman–Crippen LogP) is 10.2. The Labute approximate surface area is 272 Å². The number of benzene rings is 3. The number of hydrogen-bond acceptors (Lipinski definition) is 3. The fourth-order valence-electron chi connectivity index (χ4n) is 4.61. The molecule has 0 spiro atoms. The van der Waals surface area contributed by atoms with Crippen molar-refractivity contribution in [2.45, 2.75) is 43.2 Å². The molecular formula is C35H31F3GeIrN2S-2. The first kappa shape index (κ1) is 31.6. The SMILES string of the molecule is [2H]C(C)(C)c1ccnc(-c2[c-]cc(C(F)(F)F)c3c2sc2ccccc23)c1.[CH3][Ge]([CH3])([CH3])[c]1ccc(-c2[c-]cccc2)nc1.[Ir]. The van der Waals surface area contributed by atoms with Crippen molar-refractivity contribution in [1.29, 1.82) is 0 Å². The molecule has 0 N–H and O–H groups in total. The number of fused-ring (bicyclic) bond motifs is 3. The van der Waals surface area contributed by atoms with E-state index in [-0.39, 0.29) is 25.5 Å². The van der Waals surface area contributed by atoms with Crippen molar-refractivity contribution in [2.24, 2.45) is 0 Å². The number of rotatable bonds is 4. The van der Waals surface area contributed by atoms with Gasteiger partial charge in [0, 0.05) is 32.4 Å². The van der Waals surface area contributed by atoms with E-state index in [1.165, 1.54) is 15.7 Å². The van der Waals surface area contributed by atoms with Gasteiger partial charge in [0.15, 0.2) is 0 Å². The summed E-state index contributed by atoms with van der Waals surface area (Å²) in [4.78, 5) is 8.88. The molecular weight excluding hydrogens is 802 g/mol. The number of halogens is 3. The van der Waals surface area contributed by atoms with Gasteiger partial charge in [-0.25, -0.2) is 0 Å². The summed E-state index contributed by atoms with van der Waals surface area (Å²) < 4.78 is 51.8. The van der Waals surface area contributed by atoms with Gasteiger partial charge in [-0.15, -0.1) is 17.7 Å². The summed E-state index contributed by atoms with van der Waals surface area (Å²) in [6.45, 7) is 3.52. The first-order valence-electron chi connectivity index (χ1n) is 14.1. The predicted molar refractivity (Wildman–Crippen MR) is 172 cm³/mol. The van der Waals surface area contributed by atoms with Gasteiger partial charge in [-0.2, -0.15) is 24.5 Å². The van der Waals surface area contributed by atoms with Crippen LogP contribution in [0, 0.1) is 12.1 Å². The molecule has 0 aliphatic carbocycles. The van der Waals surface area contributed by atoms with Crippen LogP contribution in [0.1, 0.15) is 32.2 Å². The van der Waals surface area contributed by atoms with E-state index in [0.717, 1.165) is 27.6 Å². The van der Waals surface area contributed by atoms with E-state index < -0.39 is 30.9 Å². The van der Waals surface area contributed by atoms with Gasteiger partial charge in [0.05, 0.1) is 0 Å². The zero-order valence-electron chi connectivity index (χ0n) is 25.4. The molecule has 0 saturated carbocycles. The topological polar surface area (TPSA) is 25.8 Å². The van der Waals surface area contributed by atoms with E-state index in [1.807, 2.05) is 42.6 Å². The van der Waals surface area contributed by atoms with E-state index in [0.29, 0.717) is 21.3 Å². The Hall–Kier alpha value is -2.84. The van der Waals surface area contributed by atoms with Gasteiger partial charge in [-0.1, -0.05) is 49.1 Å². The van der Waals surface area contributed by atoms with Crippen LogP contribution in [0.2, 0.25) is 17.3 Å². The first-order chi connectivity index (χ1) is 20.2. The zero-order valence-corrected chi connectivity index (χ0v) is 29.7. The van der Waals surface area contributed by atoms with Crippen molar-refractivity contribution >= 4 is 49.2 Å². The summed E-state index contributed by atoms with van der Waals surface area (Å²) in [6, 6.07) is 29.9. The normalized spacial score (nSPS) is 12.3. The molecule has 6 aromatic rings. The van der Waals surface area contributed by atoms with E-state index in [1.54, 1.807) is 44.3 Å². The molecule has 0 unspecified atom stereocenters. The molecule has 0 aliphatic heterocycles. The largest absolute Gasteiger partial charge is 0 e. The Morgan fingerprint density at radius 1 is 0.907 bits per heavy atom. The molecule has 6 rings (SSSR count). The minimum Gasteiger partial charge on any atom is 0 e. The smallest absolute Gasteiger partial charge is 0 e. The van der Waals surface area contributed by atoms with E-state index in [9.17, 15) is 13.2 Å². The van der Waals surface area contributed by atoms with Crippen LogP contribution in [0.15, 0.2) is 91.3 Å². The number of hydrogen-bond donors (Lipinski definition) is 0. The second-order valence-electron chi connectivity index (χ2n) is 11.3. The molecule has 3 heterocycles. The fraction of sp³-hybridized carbons (Fsp3) is 0.200. The van der Waals surface area contributed by atoms with Gasteiger partial charge in [-0.05, 0) is 39.4 Å². The van der Waals surface area contributed by atoms with E-state index in [2.05, 4.69) is 51.5 Å². The van der Waals surface area contributed by atoms with Crippen molar-refractivity contribution in [3.05, 3.63) is 115 Å². The van der Waals surface area contributed by atoms with Crippen LogP contribution in [0.3, 0.4) is 0 Å². The van der Waals surface area contributed by atoms with Gasteiger partial charge >= 0.3 is 106 Å². The van der Waals surface area contributed by atoms with Crippen LogP contribution in [0.5, 0.6) is 0 Å². The molecule has 0 amide bonds. The molecule has 0 bridgehead atoms. The minimum atomic E-state index is -4.46. The Kier molecular flexibility index (Phi) is 9.87. The van der Waals surface area contributed by atoms with Crippen LogP contribution in [-0.2, 0) is 26.3 Å². The third kappa shape index (κ3) is 7.46. The molecule has 2 nitrogen and oxygen atoms in total. The summed E-state index contributed by atoms with van der Waals surface area (Å²) in [5, 5.41) is 0.770. The van der Waals surface area contributed by atoms with Gasteiger partial charge in [0.25, 0.3) is 0 Å². The summed E-state index contributed by atoms with van der Waals surface area (Å²) in [5.74, 6) is 6.31. The summed E-state index contributed by atoms with van der Waals surface area (Å²) in [5.41, 5.74) is 3.19. The Bertz CT molecular complexity index is 1880. The van der Waals surface area contributed by atoms with Crippen LogP contribution in [-0.4, -0.2) is 23.2 Å². The Balaban J connectivity index is 0.000000223. The monoisotopic (exact) mass is 836 g/mol. The fourth-order valence-corrected chi connectivity index (χ4v) is 8.02. The van der Waals surface area contributed by atoms with Crippen molar-refractivity contribution in [1.82, 2.24) is 9.97 Å². The number of nitrogens with zero attached hydrogens (tertiary/aromatic N) is 2. The Morgan fingerprint density at radius 2 is 1.65 bits per heavy atom. The maximum atomic E-state index is 13.6. The average Bonchev–Trinajstić information content (AvgIpc) is 3.36. The third-order valence-electron chi connectivity index (χ3n) is 6.97. The molecule has 43 heavy (non-hydrogen) atoms. The standard InChI is InChI=1S/C21H15F3NS.C14H16GeN.Ir/c1-12(2)13-9-10-25-17(11-13)14-7-8-16(21(22,23)24)19-15-5-3-4-6-18(15)26-20(14)19;1-15(2,3)13-9-10-14(16-11-13)12-7-5-4-6-8-12;/h3-6,8-12H,1-2H3;4-7,9-11H,1-3H3;/q2*-1;/i12D;;. The van der Waals surface area contributed by atoms with Crippen LogP contribution in [0.25, 0.3) is 42.7 Å². The molecule has 3 aromatic carbocycles. The second-order valence-corrected chi connectivity index (χ2v) is 23.0. The number of thiophene rings is 1. The second kappa shape index (κ2) is 13.4. The summed E-state index contributed by atoms with van der Waals surface area (Å²) >= 11 is -0.407. The third-order valence-corrected chi connectivity index (χ3v) is 12.4. The molecule has 8 heteroatoms. The summed E-state index contributed by atoms with van der Waals surface area (Å²) in [7, 11) is 0. The molecule has 1 radical (unpaired) electrons. The minimum absolute atomic E-state index is 0. The molecule has 0 atom stereocenters. The van der Waals surface area contributed by atoms with E-state index in [4.69, 9.17) is 1.37 Å². The summed E-state index contributed by atoms with van der Waals surface area (Å²) in [6.07, 6.45) is -0.836. The maximum Gasteiger partial charge on any atom is 0 e. The molecule has 0 fully saturated rings. The van der Waals surface area contributed by atoms with Gasteiger partial charge in [-0.3, -0.25) is 0 Å². The number of alkyl halides is 3. The van der Waals surface area contributed by atoms with Crippen LogP contribution in [0.4, 0.5) is 13.2 Å². The van der Waals surface area contributed by atoms with Gasteiger partial charge in [0.1, 0.15) is 0 Å². The van der Waals surface area contributed by atoms with Crippen molar-refractivity contribution in [2.75, 3.05) is 0 Å². The molecule has 0 aliphatic rings. The maximum absolute atomic E-state index is 13.6. The number of aromatic nitrogens is 2. The quantitative estimate of drug-likeness (QED) is 0.131. The van der Waals surface area contributed by atoms with Gasteiger partial charge in [0.2, 0.25) is 0 Å². The van der Waals surface area contributed by atoms with Crippen molar-refractivity contribution < 1.29 is 34.6 Å². The number of pyridine rings is 2. The molecule has 223 valence electrons. The first-order valence-corrected chi connectivity index (χ1v) is 21.7. The van der Waals surface area contributed by atoms with Crippen LogP contribution < -0.4 is 4.40 Å².